The summed E-state index contributed by atoms with van der Waals surface area (Å²) < 4.78 is 10.5. The second kappa shape index (κ2) is 21.8. The lowest BCUT2D eigenvalue weighted by molar-refractivity contribution is 0.568. The Bertz CT molecular complexity index is 6430. The summed E-state index contributed by atoms with van der Waals surface area (Å²) >= 11 is 1.94. The fourth-order valence-corrected chi connectivity index (χ4v) is 18.0. The van der Waals surface area contributed by atoms with Gasteiger partial charge >= 0.3 is 0 Å². The second-order valence-electron chi connectivity index (χ2n) is 36.0. The van der Waals surface area contributed by atoms with Gasteiger partial charge in [0.1, 0.15) is 0 Å². The minimum atomic E-state index is -0.0850. The first kappa shape index (κ1) is 64.1. The zero-order valence-corrected chi connectivity index (χ0v) is 63.4. The highest BCUT2D eigenvalue weighted by Crippen LogP contribution is 2.54. The molecule has 0 N–H and O–H groups in total. The van der Waals surface area contributed by atoms with Crippen LogP contribution in [0, 0.1) is 0 Å². The standard InChI is InChI=1S/C98H91N3S/c1-93(2,3)65-39-59(40-66(53-65)94(4,5)6)62-47-74(58-35-36-82-75(46-58)72-31-22-24-33-81(72)99(82)71-30-26-29-57(45-71)56-27-20-19-21-28-56)88-76(48-62)77-49-63(60-41-67(95(7,8)9)54-68(42-60)96(10,11)12)50-78-86-83(100(88)89(77)78)37-38-84-87(86)79-51-64(61-43-69(97(13,14)15)55-70(44-61)98(16,17)18)52-80-90(79)101(84)91-73-32-23-25-34-85(73)102-92(80)91/h19-55H,1-18H3. The Morgan fingerprint density at radius 3 is 1.16 bits per heavy atom. The summed E-state index contributed by atoms with van der Waals surface area (Å²) in [6.45, 7) is 42.6. The monoisotopic (exact) mass is 1340 g/mol. The molecule has 102 heavy (non-hydrogen) atoms. The number of fused-ring (bicyclic) bond motifs is 18. The molecule has 0 amide bonds. The molecule has 0 atom stereocenters. The van der Waals surface area contributed by atoms with E-state index < -0.39 is 0 Å². The highest BCUT2D eigenvalue weighted by Gasteiger charge is 2.32. The highest BCUT2D eigenvalue weighted by molar-refractivity contribution is 7.26. The molecule has 0 bridgehead atoms. The van der Waals surface area contributed by atoms with Crippen molar-refractivity contribution in [2.24, 2.45) is 0 Å². The number of benzene rings is 12. The third kappa shape index (κ3) is 9.93. The Morgan fingerprint density at radius 1 is 0.235 bits per heavy atom. The zero-order chi connectivity index (χ0) is 71.0. The fraction of sp³-hybridized carbons (Fsp3) is 0.245. The molecule has 0 aliphatic rings. The second-order valence-corrected chi connectivity index (χ2v) is 37.0. The zero-order valence-electron chi connectivity index (χ0n) is 62.6. The fourth-order valence-electron chi connectivity index (χ4n) is 16.8. The van der Waals surface area contributed by atoms with Gasteiger partial charge in [0.2, 0.25) is 0 Å². The van der Waals surface area contributed by atoms with Gasteiger partial charge in [-0.3, -0.25) is 0 Å². The predicted octanol–water partition coefficient (Wildman–Crippen LogP) is 28.4. The number of thiophene rings is 1. The molecule has 504 valence electrons. The van der Waals surface area contributed by atoms with E-state index in [1.54, 1.807) is 0 Å². The van der Waals surface area contributed by atoms with E-state index in [2.05, 4.69) is 362 Å². The Labute approximate surface area is 604 Å². The average molecular weight is 1340 g/mol. The summed E-state index contributed by atoms with van der Waals surface area (Å²) in [4.78, 5) is 0. The lowest BCUT2D eigenvalue weighted by Crippen LogP contribution is -2.16. The van der Waals surface area contributed by atoms with Crippen molar-refractivity contribution in [2.45, 2.75) is 157 Å². The number of aromatic nitrogens is 3. The van der Waals surface area contributed by atoms with Crippen molar-refractivity contribution in [2.75, 3.05) is 0 Å². The van der Waals surface area contributed by atoms with Crippen molar-refractivity contribution in [3.63, 3.8) is 0 Å². The van der Waals surface area contributed by atoms with Crippen molar-refractivity contribution >= 4 is 119 Å². The number of rotatable bonds is 6. The third-order valence-electron chi connectivity index (χ3n) is 22.7. The molecule has 6 heterocycles. The minimum absolute atomic E-state index is 0.0511. The minimum Gasteiger partial charge on any atom is -0.309 e. The van der Waals surface area contributed by atoms with Gasteiger partial charge in [0.05, 0.1) is 48.8 Å². The molecule has 12 aromatic carbocycles. The first-order valence-electron chi connectivity index (χ1n) is 36.9. The molecular formula is C98H91N3S. The lowest BCUT2D eigenvalue weighted by atomic mass is 9.78. The maximum atomic E-state index is 2.71. The van der Waals surface area contributed by atoms with Gasteiger partial charge in [-0.15, -0.1) is 11.3 Å². The quantitative estimate of drug-likeness (QED) is 0.158. The van der Waals surface area contributed by atoms with Gasteiger partial charge in [-0.25, -0.2) is 0 Å². The Balaban J connectivity index is 1.02. The van der Waals surface area contributed by atoms with Crippen LogP contribution >= 0.6 is 11.3 Å². The number of para-hydroxylation sites is 1. The molecule has 0 aliphatic heterocycles. The van der Waals surface area contributed by atoms with Crippen LogP contribution in [0.2, 0.25) is 0 Å². The topological polar surface area (TPSA) is 13.8 Å². The largest absolute Gasteiger partial charge is 0.309 e. The van der Waals surface area contributed by atoms with E-state index in [9.17, 15) is 0 Å². The van der Waals surface area contributed by atoms with Gasteiger partial charge in [0.25, 0.3) is 0 Å². The SMILES string of the molecule is CC(C)(C)c1cc(-c2cc(-c3ccc4c(c3)c3ccccc3n4-c3cccc(-c4ccccc4)c3)c3c(c2)c2cc(-c4cc(C(C)(C)C)cc(C(C)(C)C)c4)cc4c5c6c7cc(-c8cc(C(C)(C)C)cc(C(C)(C)C)c8)cc8c9sc%10ccccc%10c9n(c6ccc5n3c24)c87)cc(C(C)(C)C)c1. The van der Waals surface area contributed by atoms with Crippen LogP contribution in [0.1, 0.15) is 158 Å². The molecule has 18 aromatic rings. The maximum absolute atomic E-state index is 2.71. The maximum Gasteiger partial charge on any atom is 0.0728 e. The molecule has 0 unspecified atom stereocenters. The molecule has 0 saturated heterocycles. The van der Waals surface area contributed by atoms with Gasteiger partial charge in [0, 0.05) is 69.8 Å². The van der Waals surface area contributed by atoms with E-state index in [1.165, 1.54) is 196 Å². The van der Waals surface area contributed by atoms with E-state index in [4.69, 9.17) is 0 Å². The molecule has 0 saturated carbocycles. The Morgan fingerprint density at radius 2 is 0.627 bits per heavy atom. The molecular weight excluding hydrogens is 1250 g/mol. The average Bonchev–Trinajstić information content (AvgIpc) is 1.50. The molecule has 0 spiro atoms. The van der Waals surface area contributed by atoms with Crippen LogP contribution in [0.5, 0.6) is 0 Å². The van der Waals surface area contributed by atoms with Gasteiger partial charge in [-0.2, -0.15) is 0 Å². The highest BCUT2D eigenvalue weighted by atomic mass is 32.1. The van der Waals surface area contributed by atoms with E-state index in [1.807, 2.05) is 11.3 Å². The van der Waals surface area contributed by atoms with Crippen molar-refractivity contribution in [1.29, 1.82) is 0 Å². The smallest absolute Gasteiger partial charge is 0.0728 e. The molecule has 0 radical (unpaired) electrons. The summed E-state index contributed by atoms with van der Waals surface area (Å²) in [6, 6.07) is 88.2. The predicted molar refractivity (Wildman–Crippen MR) is 445 cm³/mol. The molecule has 0 aliphatic carbocycles. The molecule has 0 fully saturated rings. The third-order valence-corrected chi connectivity index (χ3v) is 23.9. The Kier molecular flexibility index (Phi) is 13.7. The number of nitrogens with zero attached hydrogens (tertiary/aromatic N) is 3. The van der Waals surface area contributed by atoms with Crippen LogP contribution in [0.25, 0.3) is 169 Å². The Hall–Kier alpha value is -10.0. The summed E-state index contributed by atoms with van der Waals surface area (Å²) in [6.07, 6.45) is 0. The normalized spacial score (nSPS) is 13.4. The van der Waals surface area contributed by atoms with E-state index in [0.29, 0.717) is 0 Å². The summed E-state index contributed by atoms with van der Waals surface area (Å²) in [5, 5.41) is 12.8. The number of hydrogen-bond acceptors (Lipinski definition) is 1. The van der Waals surface area contributed by atoms with E-state index in [-0.39, 0.29) is 32.5 Å². The lowest BCUT2D eigenvalue weighted by Gasteiger charge is -2.26. The van der Waals surface area contributed by atoms with Gasteiger partial charge in [0.15, 0.2) is 0 Å². The molecule has 6 aromatic heterocycles. The van der Waals surface area contributed by atoms with Crippen molar-refractivity contribution < 1.29 is 0 Å². The van der Waals surface area contributed by atoms with E-state index in [0.717, 1.165) is 5.69 Å². The summed E-state index contributed by atoms with van der Waals surface area (Å²) in [7, 11) is 0. The van der Waals surface area contributed by atoms with Crippen LogP contribution in [-0.4, -0.2) is 13.4 Å². The van der Waals surface area contributed by atoms with Gasteiger partial charge in [-0.1, -0.05) is 264 Å². The van der Waals surface area contributed by atoms with Gasteiger partial charge in [-0.05, 0) is 201 Å². The van der Waals surface area contributed by atoms with Crippen molar-refractivity contribution in [3.05, 3.63) is 258 Å². The summed E-state index contributed by atoms with van der Waals surface area (Å²) in [5.41, 5.74) is 31.0. The van der Waals surface area contributed by atoms with E-state index >= 15 is 0 Å². The van der Waals surface area contributed by atoms with Crippen LogP contribution in [0.15, 0.2) is 224 Å². The van der Waals surface area contributed by atoms with Gasteiger partial charge < -0.3 is 13.4 Å². The van der Waals surface area contributed by atoms with Crippen LogP contribution in [0.4, 0.5) is 0 Å². The molecule has 4 heteroatoms. The van der Waals surface area contributed by atoms with Crippen LogP contribution in [0.3, 0.4) is 0 Å². The number of hydrogen-bond donors (Lipinski definition) is 0. The van der Waals surface area contributed by atoms with Crippen molar-refractivity contribution in [1.82, 2.24) is 13.4 Å². The molecule has 3 nitrogen and oxygen atoms in total. The van der Waals surface area contributed by atoms with Crippen LogP contribution in [-0.2, 0) is 32.5 Å². The van der Waals surface area contributed by atoms with Crippen LogP contribution < -0.4 is 0 Å². The first-order valence-corrected chi connectivity index (χ1v) is 37.7. The molecule has 18 rings (SSSR count). The van der Waals surface area contributed by atoms with Crippen molar-refractivity contribution in [3.8, 4) is 61.3 Å². The summed E-state index contributed by atoms with van der Waals surface area (Å²) in [5.74, 6) is 0. The first-order chi connectivity index (χ1) is 48.3.